The topological polar surface area (TPSA) is 79.8 Å². The van der Waals surface area contributed by atoms with Crippen molar-refractivity contribution in [3.63, 3.8) is 0 Å². The smallest absolute Gasteiger partial charge is 0.191 e. The van der Waals surface area contributed by atoms with Crippen molar-refractivity contribution in [3.05, 3.63) is 24.3 Å². The number of rotatable bonds is 13. The predicted octanol–water partition coefficient (Wildman–Crippen LogP) is 2.71. The Morgan fingerprint density at radius 3 is 2.59 bits per heavy atom. The lowest BCUT2D eigenvalue weighted by atomic mass is 10.3. The minimum atomic E-state index is 0.627. The fraction of sp³-hybridized carbons (Fsp3) is 0.579. The first-order valence-electron chi connectivity index (χ1n) is 9.53. The van der Waals surface area contributed by atoms with E-state index in [2.05, 4.69) is 38.9 Å². The minimum Gasteiger partial charge on any atom is -0.379 e. The fourth-order valence-corrected chi connectivity index (χ4v) is 3.22. The standard InChI is InChI=1S/C19H31N5O2S/c1-3-4-12-25-14-15-26-13-11-22-18(20-2)21-9-10-23-19-24-16-7-5-6-8-17(16)27-19/h5-8H,3-4,9-15H2,1-2H3,(H,23,24)(H2,20,21,22). The molecular weight excluding hydrogens is 362 g/mol. The highest BCUT2D eigenvalue weighted by Crippen LogP contribution is 2.24. The third-order valence-corrected chi connectivity index (χ3v) is 4.76. The SMILES string of the molecule is CCCCOCCOCCNC(=NC)NCCNc1nc2ccccc2s1. The Balaban J connectivity index is 1.50. The van der Waals surface area contributed by atoms with Crippen molar-refractivity contribution in [3.8, 4) is 0 Å². The van der Waals surface area contributed by atoms with E-state index in [4.69, 9.17) is 9.47 Å². The summed E-state index contributed by atoms with van der Waals surface area (Å²) in [5, 5.41) is 10.8. The van der Waals surface area contributed by atoms with Crippen molar-refractivity contribution in [1.82, 2.24) is 15.6 Å². The van der Waals surface area contributed by atoms with Gasteiger partial charge < -0.3 is 25.4 Å². The van der Waals surface area contributed by atoms with Crippen LogP contribution in [0.25, 0.3) is 10.2 Å². The molecule has 150 valence electrons. The van der Waals surface area contributed by atoms with Crippen LogP contribution < -0.4 is 16.0 Å². The second kappa shape index (κ2) is 13.3. The van der Waals surface area contributed by atoms with Gasteiger partial charge in [0.1, 0.15) is 0 Å². The Hall–Kier alpha value is -1.90. The Labute approximate surface area is 165 Å². The average Bonchev–Trinajstić information content (AvgIpc) is 3.11. The number of guanidine groups is 1. The van der Waals surface area contributed by atoms with Gasteiger partial charge in [0.15, 0.2) is 11.1 Å². The molecule has 0 atom stereocenters. The zero-order valence-corrected chi connectivity index (χ0v) is 17.1. The molecule has 8 heteroatoms. The molecule has 2 aromatic rings. The quantitative estimate of drug-likeness (QED) is 0.276. The van der Waals surface area contributed by atoms with Crippen molar-refractivity contribution in [2.24, 2.45) is 4.99 Å². The number of para-hydroxylation sites is 1. The first-order valence-corrected chi connectivity index (χ1v) is 10.3. The predicted molar refractivity (Wildman–Crippen MR) is 114 cm³/mol. The molecule has 0 aliphatic heterocycles. The largest absolute Gasteiger partial charge is 0.379 e. The first kappa shape index (κ1) is 21.4. The maximum absolute atomic E-state index is 5.53. The number of thiazole rings is 1. The molecule has 1 aromatic carbocycles. The number of fused-ring (bicyclic) bond motifs is 1. The molecule has 3 N–H and O–H groups in total. The minimum absolute atomic E-state index is 0.627. The summed E-state index contributed by atoms with van der Waals surface area (Å²) in [5.41, 5.74) is 1.03. The molecule has 2 rings (SSSR count). The number of aliphatic imine (C=N–C) groups is 1. The van der Waals surface area contributed by atoms with Gasteiger partial charge in [-0.2, -0.15) is 0 Å². The highest BCUT2D eigenvalue weighted by atomic mass is 32.1. The third kappa shape index (κ3) is 8.55. The lowest BCUT2D eigenvalue weighted by molar-refractivity contribution is 0.0487. The van der Waals surface area contributed by atoms with E-state index in [1.807, 2.05) is 18.2 Å². The van der Waals surface area contributed by atoms with Crippen LogP contribution in [-0.2, 0) is 9.47 Å². The summed E-state index contributed by atoms with van der Waals surface area (Å²) >= 11 is 1.67. The zero-order chi connectivity index (χ0) is 19.2. The molecule has 0 spiro atoms. The van der Waals surface area contributed by atoms with Crippen molar-refractivity contribution in [2.45, 2.75) is 19.8 Å². The van der Waals surface area contributed by atoms with Gasteiger partial charge in [-0.05, 0) is 18.6 Å². The zero-order valence-electron chi connectivity index (χ0n) is 16.3. The number of ether oxygens (including phenoxy) is 2. The molecule has 0 aliphatic rings. The highest BCUT2D eigenvalue weighted by molar-refractivity contribution is 7.22. The first-order chi connectivity index (χ1) is 13.3. The molecule has 0 bridgehead atoms. The molecule has 0 amide bonds. The van der Waals surface area contributed by atoms with Gasteiger partial charge in [0.25, 0.3) is 0 Å². The summed E-state index contributed by atoms with van der Waals surface area (Å²) in [5.74, 6) is 0.767. The second-order valence-corrected chi connectivity index (χ2v) is 6.95. The molecule has 1 aromatic heterocycles. The molecule has 0 aliphatic carbocycles. The van der Waals surface area contributed by atoms with Gasteiger partial charge >= 0.3 is 0 Å². The number of aromatic nitrogens is 1. The Morgan fingerprint density at radius 2 is 1.81 bits per heavy atom. The Bertz CT molecular complexity index is 644. The van der Waals surface area contributed by atoms with Gasteiger partial charge in [-0.15, -0.1) is 0 Å². The van der Waals surface area contributed by atoms with Gasteiger partial charge in [-0.3, -0.25) is 4.99 Å². The van der Waals surface area contributed by atoms with Crippen LogP contribution in [-0.4, -0.2) is 64.1 Å². The Kier molecular flexibility index (Phi) is 10.5. The van der Waals surface area contributed by atoms with Crippen molar-refractivity contribution >= 4 is 32.6 Å². The maximum Gasteiger partial charge on any atom is 0.191 e. The van der Waals surface area contributed by atoms with Crippen molar-refractivity contribution in [1.29, 1.82) is 0 Å². The number of nitrogens with zero attached hydrogens (tertiary/aromatic N) is 2. The van der Waals surface area contributed by atoms with Gasteiger partial charge in [0, 0.05) is 33.3 Å². The lowest BCUT2D eigenvalue weighted by Crippen LogP contribution is -2.40. The molecule has 7 nitrogen and oxygen atoms in total. The monoisotopic (exact) mass is 393 g/mol. The normalized spacial score (nSPS) is 11.7. The van der Waals surface area contributed by atoms with Crippen LogP contribution in [0, 0.1) is 0 Å². The molecule has 0 radical (unpaired) electrons. The van der Waals surface area contributed by atoms with E-state index < -0.39 is 0 Å². The summed E-state index contributed by atoms with van der Waals surface area (Å²) in [6, 6.07) is 8.15. The van der Waals surface area contributed by atoms with Crippen LogP contribution in [0.15, 0.2) is 29.3 Å². The number of hydrogen-bond acceptors (Lipinski definition) is 6. The van der Waals surface area contributed by atoms with Crippen molar-refractivity contribution in [2.75, 3.05) is 58.4 Å². The van der Waals surface area contributed by atoms with Crippen LogP contribution in [0.1, 0.15) is 19.8 Å². The van der Waals surface area contributed by atoms with Gasteiger partial charge in [-0.1, -0.05) is 36.8 Å². The van der Waals surface area contributed by atoms with Crippen LogP contribution >= 0.6 is 11.3 Å². The highest BCUT2D eigenvalue weighted by Gasteiger charge is 2.02. The van der Waals surface area contributed by atoms with E-state index in [0.717, 1.165) is 49.1 Å². The third-order valence-electron chi connectivity index (χ3n) is 3.76. The van der Waals surface area contributed by atoms with E-state index in [0.29, 0.717) is 26.4 Å². The number of nitrogens with one attached hydrogen (secondary N) is 3. The van der Waals surface area contributed by atoms with E-state index in [1.54, 1.807) is 18.4 Å². The van der Waals surface area contributed by atoms with E-state index in [9.17, 15) is 0 Å². The number of unbranched alkanes of at least 4 members (excludes halogenated alkanes) is 1. The van der Waals surface area contributed by atoms with Gasteiger partial charge in [-0.25, -0.2) is 4.98 Å². The maximum atomic E-state index is 5.53. The number of anilines is 1. The van der Waals surface area contributed by atoms with Crippen LogP contribution in [0.2, 0.25) is 0 Å². The molecule has 1 heterocycles. The van der Waals surface area contributed by atoms with Crippen LogP contribution in [0.5, 0.6) is 0 Å². The van der Waals surface area contributed by atoms with Crippen molar-refractivity contribution < 1.29 is 9.47 Å². The Morgan fingerprint density at radius 1 is 1.04 bits per heavy atom. The van der Waals surface area contributed by atoms with E-state index in [1.165, 1.54) is 4.70 Å². The number of benzene rings is 1. The molecular formula is C19H31N5O2S. The summed E-state index contributed by atoms with van der Waals surface area (Å²) < 4.78 is 12.2. The summed E-state index contributed by atoms with van der Waals surface area (Å²) in [6.07, 6.45) is 2.27. The second-order valence-electron chi connectivity index (χ2n) is 5.92. The fourth-order valence-electron chi connectivity index (χ4n) is 2.33. The van der Waals surface area contributed by atoms with Gasteiger partial charge in [0.2, 0.25) is 0 Å². The van der Waals surface area contributed by atoms with Gasteiger partial charge in [0.05, 0.1) is 30.0 Å². The summed E-state index contributed by atoms with van der Waals surface area (Å²) in [6.45, 7) is 7.12. The average molecular weight is 394 g/mol. The molecule has 0 saturated heterocycles. The molecule has 0 unspecified atom stereocenters. The summed E-state index contributed by atoms with van der Waals surface area (Å²) in [4.78, 5) is 8.77. The molecule has 0 fully saturated rings. The van der Waals surface area contributed by atoms with Crippen LogP contribution in [0.4, 0.5) is 5.13 Å². The van der Waals surface area contributed by atoms with E-state index in [-0.39, 0.29) is 0 Å². The lowest BCUT2D eigenvalue weighted by Gasteiger charge is -2.12. The van der Waals surface area contributed by atoms with Crippen LogP contribution in [0.3, 0.4) is 0 Å². The molecule has 0 saturated carbocycles. The van der Waals surface area contributed by atoms with E-state index >= 15 is 0 Å². The number of hydrogen-bond donors (Lipinski definition) is 3. The summed E-state index contributed by atoms with van der Waals surface area (Å²) in [7, 11) is 1.76. The molecule has 27 heavy (non-hydrogen) atoms.